The lowest BCUT2D eigenvalue weighted by molar-refractivity contribution is 0.0954. The van der Waals surface area contributed by atoms with Gasteiger partial charge < -0.3 is 20.3 Å². The second-order valence-electron chi connectivity index (χ2n) is 7.48. The molecule has 3 rings (SSSR count). The summed E-state index contributed by atoms with van der Waals surface area (Å²) in [7, 11) is 0. The van der Waals surface area contributed by atoms with E-state index in [1.807, 2.05) is 61.5 Å². The van der Waals surface area contributed by atoms with Crippen LogP contribution in [0.15, 0.2) is 59.6 Å². The SMILES string of the molecule is CCNC(=NCCNC(=O)c1cccc(C)c1)N1CCC(Oc2ccccc2)CC1. The number of amides is 1. The van der Waals surface area contributed by atoms with E-state index in [1.165, 1.54) is 0 Å². The van der Waals surface area contributed by atoms with Crippen molar-refractivity contribution in [2.45, 2.75) is 32.8 Å². The fourth-order valence-corrected chi connectivity index (χ4v) is 3.52. The number of nitrogens with zero attached hydrogens (tertiary/aromatic N) is 2. The van der Waals surface area contributed by atoms with Crippen LogP contribution in [0.3, 0.4) is 0 Å². The molecule has 0 saturated carbocycles. The lowest BCUT2D eigenvalue weighted by atomic mass is 10.1. The number of nitrogens with one attached hydrogen (secondary N) is 2. The lowest BCUT2D eigenvalue weighted by Gasteiger charge is -2.34. The Kier molecular flexibility index (Phi) is 8.12. The predicted octanol–water partition coefficient (Wildman–Crippen LogP) is 3.23. The van der Waals surface area contributed by atoms with Crippen molar-refractivity contribution in [1.82, 2.24) is 15.5 Å². The van der Waals surface area contributed by atoms with E-state index in [1.54, 1.807) is 0 Å². The summed E-state index contributed by atoms with van der Waals surface area (Å²) in [6, 6.07) is 17.6. The molecule has 0 atom stereocenters. The molecule has 6 heteroatoms. The molecule has 1 aliphatic rings. The number of carbonyl (C=O) groups is 1. The molecule has 0 radical (unpaired) electrons. The summed E-state index contributed by atoms with van der Waals surface area (Å²) in [6.45, 7) is 7.72. The first kappa shape index (κ1) is 21.7. The molecule has 2 aromatic carbocycles. The van der Waals surface area contributed by atoms with E-state index < -0.39 is 0 Å². The largest absolute Gasteiger partial charge is 0.490 e. The molecule has 2 aromatic rings. The summed E-state index contributed by atoms with van der Waals surface area (Å²) in [4.78, 5) is 19.2. The minimum Gasteiger partial charge on any atom is -0.490 e. The first-order valence-corrected chi connectivity index (χ1v) is 10.8. The number of aliphatic imine (C=N–C) groups is 1. The average molecular weight is 409 g/mol. The van der Waals surface area contributed by atoms with Crippen LogP contribution in [0.2, 0.25) is 0 Å². The van der Waals surface area contributed by atoms with Gasteiger partial charge in [0.1, 0.15) is 11.9 Å². The summed E-state index contributed by atoms with van der Waals surface area (Å²) in [5, 5.41) is 6.32. The highest BCUT2D eigenvalue weighted by atomic mass is 16.5. The Balaban J connectivity index is 1.45. The average Bonchev–Trinajstić information content (AvgIpc) is 2.77. The van der Waals surface area contributed by atoms with Crippen LogP contribution < -0.4 is 15.4 Å². The van der Waals surface area contributed by atoms with Gasteiger partial charge in [0, 0.05) is 44.6 Å². The van der Waals surface area contributed by atoms with Crippen LogP contribution in [0, 0.1) is 6.92 Å². The molecule has 2 N–H and O–H groups in total. The molecule has 1 heterocycles. The van der Waals surface area contributed by atoms with Gasteiger partial charge in [0.15, 0.2) is 5.96 Å². The molecule has 0 aromatic heterocycles. The molecule has 0 bridgehead atoms. The van der Waals surface area contributed by atoms with Gasteiger partial charge in [-0.25, -0.2) is 0 Å². The third-order valence-corrected chi connectivity index (χ3v) is 5.06. The molecule has 0 aliphatic carbocycles. The first-order chi connectivity index (χ1) is 14.7. The maximum absolute atomic E-state index is 12.3. The normalized spacial score (nSPS) is 15.0. The van der Waals surface area contributed by atoms with Gasteiger partial charge in [0.2, 0.25) is 0 Å². The standard InChI is InChI=1S/C24H32N4O2/c1-3-25-24(27-15-14-26-23(29)20-9-7-8-19(2)18-20)28-16-12-22(13-17-28)30-21-10-5-4-6-11-21/h4-11,18,22H,3,12-17H2,1-2H3,(H,25,27)(H,26,29). The van der Waals surface area contributed by atoms with E-state index in [4.69, 9.17) is 9.73 Å². The second kappa shape index (κ2) is 11.2. The molecule has 0 unspecified atom stereocenters. The third kappa shape index (κ3) is 6.51. The Hall–Kier alpha value is -3.02. The van der Waals surface area contributed by atoms with Crippen LogP contribution in [0.5, 0.6) is 5.75 Å². The zero-order valence-corrected chi connectivity index (χ0v) is 17.9. The Labute approximate surface area is 179 Å². The van der Waals surface area contributed by atoms with E-state index in [0.717, 1.165) is 49.7 Å². The minimum atomic E-state index is -0.0576. The van der Waals surface area contributed by atoms with Crippen molar-refractivity contribution in [2.24, 2.45) is 4.99 Å². The number of carbonyl (C=O) groups excluding carboxylic acids is 1. The summed E-state index contributed by atoms with van der Waals surface area (Å²) in [5.41, 5.74) is 1.76. The second-order valence-corrected chi connectivity index (χ2v) is 7.48. The topological polar surface area (TPSA) is 66.0 Å². The molecule has 0 spiro atoms. The van der Waals surface area contributed by atoms with Gasteiger partial charge in [-0.1, -0.05) is 35.9 Å². The van der Waals surface area contributed by atoms with Crippen LogP contribution in [0.4, 0.5) is 0 Å². The number of rotatable bonds is 7. The highest BCUT2D eigenvalue weighted by Crippen LogP contribution is 2.18. The minimum absolute atomic E-state index is 0.0576. The van der Waals surface area contributed by atoms with Gasteiger partial charge >= 0.3 is 0 Å². The number of aryl methyl sites for hydroxylation is 1. The van der Waals surface area contributed by atoms with Crippen molar-refractivity contribution < 1.29 is 9.53 Å². The van der Waals surface area contributed by atoms with Crippen molar-refractivity contribution in [3.05, 3.63) is 65.7 Å². The van der Waals surface area contributed by atoms with Gasteiger partial charge in [-0.3, -0.25) is 9.79 Å². The molecule has 1 amide bonds. The number of hydrogen-bond acceptors (Lipinski definition) is 3. The Morgan fingerprint density at radius 1 is 1.10 bits per heavy atom. The highest BCUT2D eigenvalue weighted by Gasteiger charge is 2.22. The van der Waals surface area contributed by atoms with Gasteiger partial charge in [-0.2, -0.15) is 0 Å². The van der Waals surface area contributed by atoms with Crippen LogP contribution in [0.1, 0.15) is 35.7 Å². The van der Waals surface area contributed by atoms with Crippen LogP contribution in [-0.4, -0.2) is 55.6 Å². The fraction of sp³-hybridized carbons (Fsp3) is 0.417. The number of ether oxygens (including phenoxy) is 1. The van der Waals surface area contributed by atoms with Gasteiger partial charge in [-0.15, -0.1) is 0 Å². The van der Waals surface area contributed by atoms with Crippen molar-refractivity contribution in [3.8, 4) is 5.75 Å². The number of para-hydroxylation sites is 1. The Bertz CT molecular complexity index is 830. The molecule has 1 aliphatic heterocycles. The molecular weight excluding hydrogens is 376 g/mol. The molecule has 30 heavy (non-hydrogen) atoms. The lowest BCUT2D eigenvalue weighted by Crippen LogP contribution is -2.47. The number of guanidine groups is 1. The summed E-state index contributed by atoms with van der Waals surface area (Å²) in [6.07, 6.45) is 2.16. The monoisotopic (exact) mass is 408 g/mol. The zero-order valence-electron chi connectivity index (χ0n) is 17.9. The number of benzene rings is 2. The molecule has 160 valence electrons. The maximum Gasteiger partial charge on any atom is 0.251 e. The third-order valence-electron chi connectivity index (χ3n) is 5.06. The number of piperidine rings is 1. The molecule has 6 nitrogen and oxygen atoms in total. The molecule has 1 fully saturated rings. The van der Waals surface area contributed by atoms with Gasteiger partial charge in [0.05, 0.1) is 6.54 Å². The number of likely N-dealkylation sites (tertiary alicyclic amines) is 1. The quantitative estimate of drug-likeness (QED) is 0.419. The van der Waals surface area contributed by atoms with Crippen molar-refractivity contribution >= 4 is 11.9 Å². The highest BCUT2D eigenvalue weighted by molar-refractivity contribution is 5.94. The van der Waals surface area contributed by atoms with Gasteiger partial charge in [0.25, 0.3) is 5.91 Å². The van der Waals surface area contributed by atoms with Crippen LogP contribution >= 0.6 is 0 Å². The summed E-state index contributed by atoms with van der Waals surface area (Å²) in [5.74, 6) is 1.78. The van der Waals surface area contributed by atoms with E-state index in [9.17, 15) is 4.79 Å². The maximum atomic E-state index is 12.3. The van der Waals surface area contributed by atoms with Crippen molar-refractivity contribution in [2.75, 3.05) is 32.7 Å². The van der Waals surface area contributed by atoms with E-state index in [-0.39, 0.29) is 12.0 Å². The van der Waals surface area contributed by atoms with Crippen molar-refractivity contribution in [1.29, 1.82) is 0 Å². The van der Waals surface area contributed by atoms with E-state index in [0.29, 0.717) is 18.7 Å². The smallest absolute Gasteiger partial charge is 0.251 e. The first-order valence-electron chi connectivity index (χ1n) is 10.8. The zero-order chi connectivity index (χ0) is 21.2. The van der Waals surface area contributed by atoms with E-state index >= 15 is 0 Å². The summed E-state index contributed by atoms with van der Waals surface area (Å²) < 4.78 is 6.08. The summed E-state index contributed by atoms with van der Waals surface area (Å²) >= 11 is 0. The predicted molar refractivity (Wildman–Crippen MR) is 121 cm³/mol. The number of hydrogen-bond donors (Lipinski definition) is 2. The Morgan fingerprint density at radius 2 is 1.87 bits per heavy atom. The molecular formula is C24H32N4O2. The molecule has 1 saturated heterocycles. The van der Waals surface area contributed by atoms with Crippen LogP contribution in [-0.2, 0) is 0 Å². The Morgan fingerprint density at radius 3 is 2.57 bits per heavy atom. The van der Waals surface area contributed by atoms with Crippen LogP contribution in [0.25, 0.3) is 0 Å². The van der Waals surface area contributed by atoms with Gasteiger partial charge in [-0.05, 0) is 38.1 Å². The fourth-order valence-electron chi connectivity index (χ4n) is 3.52. The van der Waals surface area contributed by atoms with Crippen molar-refractivity contribution in [3.63, 3.8) is 0 Å². The van der Waals surface area contributed by atoms with E-state index in [2.05, 4.69) is 22.5 Å².